The van der Waals surface area contributed by atoms with E-state index in [1.54, 1.807) is 0 Å². The first kappa shape index (κ1) is 22.9. The third kappa shape index (κ3) is 14.5. The number of hydrogen-bond donors (Lipinski definition) is 1. The van der Waals surface area contributed by atoms with E-state index in [0.717, 1.165) is 12.8 Å². The third-order valence-corrected chi connectivity index (χ3v) is 4.50. The number of carbonyl (C=O) groups excluding carboxylic acids is 1. The average molecular weight is 509 g/mol. The van der Waals surface area contributed by atoms with Gasteiger partial charge in [-0.15, -0.1) is 0 Å². The number of unbranched alkanes of at least 4 members (excludes halogenated alkanes) is 9. The molecule has 0 aliphatic rings. The molecular formula is C16H29Br3O3. The molecule has 3 nitrogen and oxygen atoms in total. The van der Waals surface area contributed by atoms with E-state index in [2.05, 4.69) is 54.7 Å². The average Bonchev–Trinajstić information content (AvgIpc) is 2.45. The fourth-order valence-corrected chi connectivity index (χ4v) is 2.55. The lowest BCUT2D eigenvalue weighted by Gasteiger charge is -2.14. The Hall–Kier alpha value is 0.870. The summed E-state index contributed by atoms with van der Waals surface area (Å²) in [6.07, 6.45) is 12.8. The monoisotopic (exact) mass is 506 g/mol. The van der Waals surface area contributed by atoms with Crippen LogP contribution in [0.1, 0.15) is 77.6 Å². The summed E-state index contributed by atoms with van der Waals surface area (Å²) in [6, 6.07) is 0. The quantitative estimate of drug-likeness (QED) is 0.187. The van der Waals surface area contributed by atoms with Crippen molar-refractivity contribution >= 4 is 53.8 Å². The predicted octanol–water partition coefficient (Wildman–Crippen LogP) is 6.04. The van der Waals surface area contributed by atoms with E-state index in [1.807, 2.05) is 0 Å². The minimum atomic E-state index is -1.05. The van der Waals surface area contributed by atoms with Gasteiger partial charge in [0.25, 0.3) is 0 Å². The molecule has 0 unspecified atom stereocenters. The Labute approximate surface area is 160 Å². The van der Waals surface area contributed by atoms with Gasteiger partial charge in [0.1, 0.15) is 6.61 Å². The lowest BCUT2D eigenvalue weighted by molar-refractivity contribution is -0.144. The molecule has 1 N–H and O–H groups in total. The summed E-state index contributed by atoms with van der Waals surface area (Å²) in [6.45, 7) is 2.28. The van der Waals surface area contributed by atoms with Gasteiger partial charge in [0.2, 0.25) is 2.14 Å². The van der Waals surface area contributed by atoms with Crippen LogP contribution in [0.25, 0.3) is 0 Å². The highest BCUT2D eigenvalue weighted by molar-refractivity contribution is 9.40. The van der Waals surface area contributed by atoms with Gasteiger partial charge < -0.3 is 9.84 Å². The van der Waals surface area contributed by atoms with Gasteiger partial charge >= 0.3 is 5.97 Å². The summed E-state index contributed by atoms with van der Waals surface area (Å²) in [4.78, 5) is 11.4. The fourth-order valence-electron chi connectivity index (χ4n) is 2.20. The normalized spacial score (nSPS) is 13.1. The van der Waals surface area contributed by atoms with E-state index in [9.17, 15) is 9.90 Å². The molecule has 132 valence electrons. The minimum absolute atomic E-state index is 0.0425. The second-order valence-corrected chi connectivity index (χ2v) is 12.5. The summed E-state index contributed by atoms with van der Waals surface area (Å²) in [5.41, 5.74) is 0. The highest BCUT2D eigenvalue weighted by atomic mass is 80.0. The molecule has 0 aromatic carbocycles. The van der Waals surface area contributed by atoms with Crippen molar-refractivity contribution in [3.8, 4) is 0 Å². The predicted molar refractivity (Wildman–Crippen MR) is 103 cm³/mol. The van der Waals surface area contributed by atoms with Crippen LogP contribution in [0.3, 0.4) is 0 Å². The second kappa shape index (κ2) is 14.2. The molecule has 0 saturated carbocycles. The molecule has 6 heteroatoms. The molecule has 0 amide bonds. The Morgan fingerprint density at radius 1 is 0.955 bits per heavy atom. The number of aliphatic hydroxyl groups excluding tert-OH is 1. The first-order chi connectivity index (χ1) is 10.4. The molecule has 0 aliphatic heterocycles. The summed E-state index contributed by atoms with van der Waals surface area (Å²) >= 11 is 9.24. The number of aliphatic hydroxyl groups is 1. The van der Waals surface area contributed by atoms with Gasteiger partial charge in [-0.05, 0) is 54.2 Å². The van der Waals surface area contributed by atoms with Crippen LogP contribution in [0.2, 0.25) is 0 Å². The van der Waals surface area contributed by atoms with E-state index in [1.165, 1.54) is 51.4 Å². The zero-order valence-electron chi connectivity index (χ0n) is 13.5. The summed E-state index contributed by atoms with van der Waals surface area (Å²) < 4.78 is 3.93. The lowest BCUT2D eigenvalue weighted by Crippen LogP contribution is -2.25. The Balaban J connectivity index is 3.35. The van der Waals surface area contributed by atoms with E-state index in [0.29, 0.717) is 6.42 Å². The first-order valence-electron chi connectivity index (χ1n) is 8.30. The van der Waals surface area contributed by atoms with Crippen LogP contribution in [0.4, 0.5) is 0 Å². The smallest absolute Gasteiger partial charge is 0.345 e. The maximum absolute atomic E-state index is 11.4. The SMILES string of the molecule is CCCCCCCCCCCC[C@@H](O)COC(=O)C(Br)(Br)Br. The number of alkyl halides is 3. The molecule has 0 fully saturated rings. The van der Waals surface area contributed by atoms with Crippen molar-refractivity contribution in [2.45, 2.75) is 85.8 Å². The standard InChI is InChI=1S/C16H29Br3O3/c1-2-3-4-5-6-7-8-9-10-11-12-14(20)13-22-15(21)16(17,18)19/h14,20H,2-13H2,1H3/t14-/m1/s1. The number of halogens is 3. The minimum Gasteiger partial charge on any atom is -0.461 e. The molecule has 0 aromatic rings. The molecule has 0 rings (SSSR count). The van der Waals surface area contributed by atoms with Crippen molar-refractivity contribution in [3.05, 3.63) is 0 Å². The molecular weight excluding hydrogens is 480 g/mol. The van der Waals surface area contributed by atoms with Crippen molar-refractivity contribution in [1.29, 1.82) is 0 Å². The molecule has 1 atom stereocenters. The number of hydrogen-bond acceptors (Lipinski definition) is 3. The zero-order chi connectivity index (χ0) is 16.8. The van der Waals surface area contributed by atoms with Gasteiger partial charge in [0, 0.05) is 0 Å². The topological polar surface area (TPSA) is 46.5 Å². The summed E-state index contributed by atoms with van der Waals surface area (Å²) in [7, 11) is 0. The molecule has 0 spiro atoms. The van der Waals surface area contributed by atoms with E-state index < -0.39 is 14.2 Å². The second-order valence-electron chi connectivity index (χ2n) is 5.72. The van der Waals surface area contributed by atoms with Crippen molar-refractivity contribution < 1.29 is 14.6 Å². The first-order valence-corrected chi connectivity index (χ1v) is 10.7. The number of esters is 1. The van der Waals surface area contributed by atoms with E-state index in [-0.39, 0.29) is 6.61 Å². The highest BCUT2D eigenvalue weighted by Crippen LogP contribution is 2.34. The number of carbonyl (C=O) groups is 1. The Kier molecular flexibility index (Phi) is 14.8. The maximum atomic E-state index is 11.4. The third-order valence-electron chi connectivity index (χ3n) is 3.53. The lowest BCUT2D eigenvalue weighted by atomic mass is 10.0. The molecule has 22 heavy (non-hydrogen) atoms. The van der Waals surface area contributed by atoms with Crippen LogP contribution in [0.15, 0.2) is 0 Å². The Bertz CT molecular complexity index is 280. The zero-order valence-corrected chi connectivity index (χ0v) is 18.2. The van der Waals surface area contributed by atoms with Crippen molar-refractivity contribution in [1.82, 2.24) is 0 Å². The van der Waals surface area contributed by atoms with Crippen molar-refractivity contribution in [2.24, 2.45) is 0 Å². The summed E-state index contributed by atoms with van der Waals surface area (Å²) in [5, 5.41) is 9.76. The maximum Gasteiger partial charge on any atom is 0.345 e. The highest BCUT2D eigenvalue weighted by Gasteiger charge is 2.30. The fraction of sp³-hybridized carbons (Fsp3) is 0.938. The van der Waals surface area contributed by atoms with Gasteiger partial charge in [-0.3, -0.25) is 0 Å². The molecule has 0 saturated heterocycles. The van der Waals surface area contributed by atoms with Gasteiger partial charge in [-0.1, -0.05) is 71.1 Å². The molecule has 0 bridgehead atoms. The van der Waals surface area contributed by atoms with Gasteiger partial charge in [-0.2, -0.15) is 0 Å². The van der Waals surface area contributed by atoms with Crippen LogP contribution in [0.5, 0.6) is 0 Å². The van der Waals surface area contributed by atoms with Crippen LogP contribution in [-0.2, 0) is 9.53 Å². The van der Waals surface area contributed by atoms with E-state index in [4.69, 9.17) is 4.74 Å². The van der Waals surface area contributed by atoms with E-state index >= 15 is 0 Å². The molecule has 0 aliphatic carbocycles. The van der Waals surface area contributed by atoms with Gasteiger partial charge in [0.05, 0.1) is 6.10 Å². The van der Waals surface area contributed by atoms with Crippen LogP contribution in [-0.4, -0.2) is 25.9 Å². The van der Waals surface area contributed by atoms with Crippen molar-refractivity contribution in [2.75, 3.05) is 6.61 Å². The van der Waals surface area contributed by atoms with Gasteiger partial charge in [0.15, 0.2) is 0 Å². The number of rotatable bonds is 13. The van der Waals surface area contributed by atoms with Crippen molar-refractivity contribution in [3.63, 3.8) is 0 Å². The van der Waals surface area contributed by atoms with Crippen LogP contribution in [0, 0.1) is 0 Å². The molecule has 0 heterocycles. The van der Waals surface area contributed by atoms with Gasteiger partial charge in [-0.25, -0.2) is 4.79 Å². The molecule has 0 aromatic heterocycles. The Morgan fingerprint density at radius 2 is 1.41 bits per heavy atom. The Morgan fingerprint density at radius 3 is 1.86 bits per heavy atom. The summed E-state index contributed by atoms with van der Waals surface area (Å²) in [5.74, 6) is -0.491. The largest absolute Gasteiger partial charge is 0.461 e. The van der Waals surface area contributed by atoms with Crippen LogP contribution < -0.4 is 0 Å². The number of ether oxygens (including phenoxy) is 1. The van der Waals surface area contributed by atoms with Crippen LogP contribution >= 0.6 is 47.8 Å². The molecule has 0 radical (unpaired) electrons.